The second-order valence-corrected chi connectivity index (χ2v) is 11.2. The van der Waals surface area contributed by atoms with Crippen LogP contribution in [-0.2, 0) is 24.3 Å². The van der Waals surface area contributed by atoms with Crippen LogP contribution in [0.4, 0.5) is 5.69 Å². The van der Waals surface area contributed by atoms with E-state index in [1.54, 1.807) is 41.2 Å². The maximum Gasteiger partial charge on any atom is 0.263 e. The molecule has 7 nitrogen and oxygen atoms in total. The molecular formula is C27H27ClN4O3S2. The van der Waals surface area contributed by atoms with E-state index < -0.39 is 0 Å². The molecule has 1 aliphatic heterocycles. The molecule has 0 atom stereocenters. The lowest BCUT2D eigenvalue weighted by atomic mass is 10.1. The molecule has 10 heteroatoms. The first-order valence-electron chi connectivity index (χ1n) is 12.0. The Balaban J connectivity index is 1.44. The lowest BCUT2D eigenvalue weighted by Crippen LogP contribution is -2.30. The number of carbonyl (C=O) groups excluding carboxylic acids is 1. The van der Waals surface area contributed by atoms with Gasteiger partial charge in [-0.25, -0.2) is 4.98 Å². The molecule has 4 aromatic rings. The SMILES string of the molecule is CCN1CCc2c(sc3nc(SCC(=O)Nc4ccc(OC)c(Cl)c4)n(Cc4ccccc4)c(=O)c23)C1. The Kier molecular flexibility index (Phi) is 7.85. The zero-order chi connectivity index (χ0) is 25.9. The first-order valence-corrected chi connectivity index (χ1v) is 14.2. The number of methoxy groups -OCH3 is 1. The monoisotopic (exact) mass is 554 g/mol. The van der Waals surface area contributed by atoms with Gasteiger partial charge in [0.2, 0.25) is 5.91 Å². The second kappa shape index (κ2) is 11.3. The second-order valence-electron chi connectivity index (χ2n) is 8.76. The molecule has 0 fully saturated rings. The number of benzene rings is 2. The molecule has 192 valence electrons. The number of anilines is 1. The van der Waals surface area contributed by atoms with Crippen LogP contribution >= 0.6 is 34.7 Å². The fraction of sp³-hybridized carbons (Fsp3) is 0.296. The van der Waals surface area contributed by atoms with E-state index in [1.165, 1.54) is 16.6 Å². The Morgan fingerprint density at radius 2 is 2.05 bits per heavy atom. The Morgan fingerprint density at radius 3 is 2.78 bits per heavy atom. The zero-order valence-electron chi connectivity index (χ0n) is 20.6. The summed E-state index contributed by atoms with van der Waals surface area (Å²) in [4.78, 5) is 35.9. The fourth-order valence-corrected chi connectivity index (χ4v) is 6.83. The van der Waals surface area contributed by atoms with Gasteiger partial charge in [-0.2, -0.15) is 0 Å². The molecule has 0 aliphatic carbocycles. The van der Waals surface area contributed by atoms with Gasteiger partial charge in [0.25, 0.3) is 5.56 Å². The Morgan fingerprint density at radius 1 is 1.24 bits per heavy atom. The van der Waals surface area contributed by atoms with Crippen LogP contribution in [0.5, 0.6) is 5.75 Å². The number of carbonyl (C=O) groups is 1. The summed E-state index contributed by atoms with van der Waals surface area (Å²) in [5, 5.41) is 4.54. The lowest BCUT2D eigenvalue weighted by molar-refractivity contribution is -0.113. The molecule has 0 bridgehead atoms. The van der Waals surface area contributed by atoms with Crippen LogP contribution in [0.15, 0.2) is 58.5 Å². The minimum absolute atomic E-state index is 0.0406. The van der Waals surface area contributed by atoms with Crippen LogP contribution in [0.1, 0.15) is 22.9 Å². The van der Waals surface area contributed by atoms with Gasteiger partial charge < -0.3 is 10.1 Å². The fourth-order valence-electron chi connectivity index (χ4n) is 4.47. The zero-order valence-corrected chi connectivity index (χ0v) is 23.0. The van der Waals surface area contributed by atoms with Crippen molar-refractivity contribution >= 4 is 56.5 Å². The number of ether oxygens (including phenoxy) is 1. The summed E-state index contributed by atoms with van der Waals surface area (Å²) in [7, 11) is 1.54. The number of hydrogen-bond donors (Lipinski definition) is 1. The molecule has 37 heavy (non-hydrogen) atoms. The Hall–Kier alpha value is -2.85. The first kappa shape index (κ1) is 25.8. The van der Waals surface area contributed by atoms with Crippen LogP contribution < -0.4 is 15.6 Å². The van der Waals surface area contributed by atoms with Gasteiger partial charge in [0.15, 0.2) is 5.16 Å². The van der Waals surface area contributed by atoms with Crippen molar-refractivity contribution in [2.45, 2.75) is 31.6 Å². The predicted molar refractivity (Wildman–Crippen MR) is 151 cm³/mol. The number of aromatic nitrogens is 2. The van der Waals surface area contributed by atoms with Gasteiger partial charge in [-0.1, -0.05) is 60.6 Å². The van der Waals surface area contributed by atoms with Crippen molar-refractivity contribution in [3.05, 3.63) is 79.9 Å². The molecular weight excluding hydrogens is 528 g/mol. The van der Waals surface area contributed by atoms with Crippen molar-refractivity contribution in [2.24, 2.45) is 0 Å². The third-order valence-corrected chi connectivity index (χ3v) is 8.79. The van der Waals surface area contributed by atoms with E-state index in [2.05, 4.69) is 17.1 Å². The van der Waals surface area contributed by atoms with Gasteiger partial charge in [-0.3, -0.25) is 19.1 Å². The average Bonchev–Trinajstić information content (AvgIpc) is 3.27. The number of likely N-dealkylation sites (N-methyl/N-ethyl adjacent to an activating group) is 1. The maximum atomic E-state index is 13.8. The average molecular weight is 555 g/mol. The molecule has 1 aliphatic rings. The summed E-state index contributed by atoms with van der Waals surface area (Å²) < 4.78 is 6.88. The van der Waals surface area contributed by atoms with Gasteiger partial charge in [-0.15, -0.1) is 11.3 Å². The molecule has 3 heterocycles. The Labute approximate surface area is 228 Å². The van der Waals surface area contributed by atoms with E-state index in [0.29, 0.717) is 28.2 Å². The summed E-state index contributed by atoms with van der Waals surface area (Å²) in [5.74, 6) is 0.429. The molecule has 2 aromatic heterocycles. The summed E-state index contributed by atoms with van der Waals surface area (Å²) in [6, 6.07) is 14.9. The van der Waals surface area contributed by atoms with Gasteiger partial charge in [-0.05, 0) is 42.3 Å². The van der Waals surface area contributed by atoms with E-state index in [1.807, 2.05) is 30.3 Å². The van der Waals surface area contributed by atoms with Crippen molar-refractivity contribution in [2.75, 3.05) is 31.3 Å². The quantitative estimate of drug-likeness (QED) is 0.236. The highest BCUT2D eigenvalue weighted by molar-refractivity contribution is 7.99. The van der Waals surface area contributed by atoms with Crippen molar-refractivity contribution in [1.29, 1.82) is 0 Å². The van der Waals surface area contributed by atoms with Gasteiger partial charge in [0.05, 0.1) is 29.8 Å². The molecule has 1 N–H and O–H groups in total. The summed E-state index contributed by atoms with van der Waals surface area (Å²) >= 11 is 9.05. The van der Waals surface area contributed by atoms with Gasteiger partial charge >= 0.3 is 0 Å². The first-order chi connectivity index (χ1) is 18.0. The lowest BCUT2D eigenvalue weighted by Gasteiger charge is -2.25. The van der Waals surface area contributed by atoms with Crippen LogP contribution in [0.3, 0.4) is 0 Å². The highest BCUT2D eigenvalue weighted by Crippen LogP contribution is 2.34. The number of nitrogens with zero attached hydrogens (tertiary/aromatic N) is 3. The number of thioether (sulfide) groups is 1. The van der Waals surface area contributed by atoms with Gasteiger partial charge in [0.1, 0.15) is 10.6 Å². The third-order valence-electron chi connectivity index (χ3n) is 6.40. The van der Waals surface area contributed by atoms with E-state index >= 15 is 0 Å². The molecule has 1 amide bonds. The molecule has 2 aromatic carbocycles. The molecule has 0 radical (unpaired) electrons. The van der Waals surface area contributed by atoms with Crippen LogP contribution in [0.2, 0.25) is 5.02 Å². The minimum atomic E-state index is -0.212. The number of fused-ring (bicyclic) bond motifs is 3. The standard InChI is InChI=1S/C27H27ClN4O3S2/c1-3-31-12-11-19-22(15-31)37-25-24(19)26(34)32(14-17-7-5-4-6-8-17)27(30-25)36-16-23(33)29-18-9-10-21(35-2)20(28)13-18/h4-10,13H,3,11-12,14-16H2,1-2H3,(H,29,33). The smallest absolute Gasteiger partial charge is 0.263 e. The van der Waals surface area contributed by atoms with E-state index in [-0.39, 0.29) is 17.2 Å². The van der Waals surface area contributed by atoms with Crippen molar-refractivity contribution in [3.63, 3.8) is 0 Å². The molecule has 0 saturated heterocycles. The predicted octanol–water partition coefficient (Wildman–Crippen LogP) is 5.28. The molecule has 0 unspecified atom stereocenters. The highest BCUT2D eigenvalue weighted by Gasteiger charge is 2.25. The Bertz CT molecular complexity index is 1500. The van der Waals surface area contributed by atoms with Crippen molar-refractivity contribution in [1.82, 2.24) is 14.5 Å². The van der Waals surface area contributed by atoms with Gasteiger partial charge in [0, 0.05) is 23.7 Å². The summed E-state index contributed by atoms with van der Waals surface area (Å²) in [6.45, 7) is 5.32. The van der Waals surface area contributed by atoms with E-state index in [0.717, 1.165) is 47.4 Å². The topological polar surface area (TPSA) is 76.5 Å². The highest BCUT2D eigenvalue weighted by atomic mass is 35.5. The van der Waals surface area contributed by atoms with Crippen LogP contribution in [0, 0.1) is 0 Å². The largest absolute Gasteiger partial charge is 0.495 e. The number of thiophene rings is 1. The van der Waals surface area contributed by atoms with Crippen LogP contribution in [-0.4, -0.2) is 46.3 Å². The van der Waals surface area contributed by atoms with E-state index in [9.17, 15) is 9.59 Å². The molecule has 0 saturated carbocycles. The normalized spacial score (nSPS) is 13.5. The number of nitrogens with one attached hydrogen (secondary N) is 1. The molecule has 5 rings (SSSR count). The van der Waals surface area contributed by atoms with Crippen LogP contribution in [0.25, 0.3) is 10.2 Å². The summed E-state index contributed by atoms with van der Waals surface area (Å²) in [5.41, 5.74) is 2.68. The van der Waals surface area contributed by atoms with E-state index in [4.69, 9.17) is 21.3 Å². The number of hydrogen-bond acceptors (Lipinski definition) is 7. The number of halogens is 1. The maximum absolute atomic E-state index is 13.8. The minimum Gasteiger partial charge on any atom is -0.495 e. The van der Waals surface area contributed by atoms with Crippen molar-refractivity contribution < 1.29 is 9.53 Å². The van der Waals surface area contributed by atoms with Crippen molar-refractivity contribution in [3.8, 4) is 5.75 Å². The summed E-state index contributed by atoms with van der Waals surface area (Å²) in [6.07, 6.45) is 0.852. The molecule has 0 spiro atoms. The number of rotatable bonds is 8. The number of amides is 1. The third kappa shape index (κ3) is 5.55.